The number of carbonyl (C=O) groups excluding carboxylic acids is 1. The van der Waals surface area contributed by atoms with Gasteiger partial charge in [0.1, 0.15) is 0 Å². The number of hydrogen-bond donors (Lipinski definition) is 3. The van der Waals surface area contributed by atoms with Crippen molar-refractivity contribution < 1.29 is 14.7 Å². The number of aliphatic carboxylic acids is 1. The number of carboxylic acid groups (broad SMARTS) is 1. The third-order valence-corrected chi connectivity index (χ3v) is 5.10. The van der Waals surface area contributed by atoms with Gasteiger partial charge in [-0.2, -0.15) is 5.26 Å². The largest absolute Gasteiger partial charge is 0.481 e. The van der Waals surface area contributed by atoms with Crippen LogP contribution in [-0.2, 0) is 9.59 Å². The minimum absolute atomic E-state index is 0.0628. The lowest BCUT2D eigenvalue weighted by atomic mass is 10.0. The van der Waals surface area contributed by atoms with Crippen molar-refractivity contribution in [1.29, 1.82) is 5.26 Å². The van der Waals surface area contributed by atoms with Crippen LogP contribution in [0.25, 0.3) is 10.9 Å². The number of nitrogens with zero attached hydrogens (tertiary/aromatic N) is 3. The molecule has 1 amide bonds. The van der Waals surface area contributed by atoms with Crippen molar-refractivity contribution in [1.82, 2.24) is 14.8 Å². The molecule has 0 bridgehead atoms. The average molecular weight is 383 g/mol. The van der Waals surface area contributed by atoms with Gasteiger partial charge in [-0.1, -0.05) is 6.07 Å². The number of aromatic nitrogens is 1. The van der Waals surface area contributed by atoms with Crippen LogP contribution in [0.1, 0.15) is 12.8 Å². The number of carbonyl (C=O) groups is 2. The van der Waals surface area contributed by atoms with Crippen LogP contribution >= 0.6 is 0 Å². The Kier molecular flexibility index (Phi) is 6.63. The lowest BCUT2D eigenvalue weighted by Gasteiger charge is -2.35. The zero-order valence-corrected chi connectivity index (χ0v) is 15.7. The number of piperazine rings is 1. The predicted molar refractivity (Wildman–Crippen MR) is 106 cm³/mol. The molecule has 0 unspecified atom stereocenters. The fraction of sp³-hybridized carbons (Fsp3) is 0.450. The van der Waals surface area contributed by atoms with E-state index in [0.29, 0.717) is 18.7 Å². The summed E-state index contributed by atoms with van der Waals surface area (Å²) < 4.78 is 0. The Morgan fingerprint density at radius 3 is 2.68 bits per heavy atom. The van der Waals surface area contributed by atoms with Crippen molar-refractivity contribution in [3.63, 3.8) is 0 Å². The van der Waals surface area contributed by atoms with Crippen LogP contribution in [0.3, 0.4) is 0 Å². The van der Waals surface area contributed by atoms with Gasteiger partial charge >= 0.3 is 5.97 Å². The van der Waals surface area contributed by atoms with Gasteiger partial charge in [0.05, 0.1) is 12.0 Å². The SMILES string of the molecule is N#CCCN1CCN(C[C@H](CC(=O)Nc2ccc3cc[nH]c3c2)C(=O)O)CC1. The summed E-state index contributed by atoms with van der Waals surface area (Å²) in [6, 6.07) is 9.64. The number of aromatic amines is 1. The number of hydrogen-bond acceptors (Lipinski definition) is 5. The number of nitrogens with one attached hydrogen (secondary N) is 2. The summed E-state index contributed by atoms with van der Waals surface area (Å²) in [6.45, 7) is 4.23. The molecule has 8 heteroatoms. The number of rotatable bonds is 8. The first kappa shape index (κ1) is 19.9. The molecule has 8 nitrogen and oxygen atoms in total. The van der Waals surface area contributed by atoms with Gasteiger partial charge in [-0.3, -0.25) is 19.4 Å². The minimum Gasteiger partial charge on any atom is -0.481 e. The van der Waals surface area contributed by atoms with Crippen LogP contribution < -0.4 is 5.32 Å². The van der Waals surface area contributed by atoms with Crippen LogP contribution in [0.15, 0.2) is 30.5 Å². The van der Waals surface area contributed by atoms with E-state index in [-0.39, 0.29) is 12.3 Å². The van der Waals surface area contributed by atoms with Crippen molar-refractivity contribution in [3.05, 3.63) is 30.5 Å². The summed E-state index contributed by atoms with van der Waals surface area (Å²) in [5, 5.41) is 22.1. The minimum atomic E-state index is -0.957. The Labute approximate surface area is 163 Å². The van der Waals surface area contributed by atoms with Gasteiger partial charge in [0.15, 0.2) is 0 Å². The highest BCUT2D eigenvalue weighted by molar-refractivity contribution is 5.95. The van der Waals surface area contributed by atoms with Gasteiger partial charge in [0.2, 0.25) is 5.91 Å². The van der Waals surface area contributed by atoms with E-state index in [1.165, 1.54) is 0 Å². The molecule has 0 radical (unpaired) electrons. The summed E-state index contributed by atoms with van der Waals surface area (Å²) >= 11 is 0. The molecule has 0 aliphatic carbocycles. The summed E-state index contributed by atoms with van der Waals surface area (Å²) in [7, 11) is 0. The standard InChI is InChI=1S/C20H25N5O3/c21-5-1-7-24-8-10-25(11-9-24)14-16(20(27)28)12-19(26)23-17-3-2-15-4-6-22-18(15)13-17/h2-4,6,13,16,22H,1,7-12,14H2,(H,23,26)(H,27,28)/t16-/m0/s1. The molecule has 3 N–H and O–H groups in total. The van der Waals surface area contributed by atoms with E-state index in [1.807, 2.05) is 30.5 Å². The molecule has 148 valence electrons. The predicted octanol–water partition coefficient (Wildman–Crippen LogP) is 1.73. The maximum absolute atomic E-state index is 12.4. The summed E-state index contributed by atoms with van der Waals surface area (Å²) in [5.74, 6) is -2.01. The number of fused-ring (bicyclic) bond motifs is 1. The molecule has 1 atom stereocenters. The van der Waals surface area contributed by atoms with Gasteiger partial charge in [-0.25, -0.2) is 0 Å². The molecule has 1 fully saturated rings. The van der Waals surface area contributed by atoms with Crippen molar-refractivity contribution in [2.24, 2.45) is 5.92 Å². The van der Waals surface area contributed by atoms with Crippen LogP contribution in [0, 0.1) is 17.2 Å². The number of anilines is 1. The Bertz CT molecular complexity index is 864. The first-order valence-corrected chi connectivity index (χ1v) is 9.46. The van der Waals surface area contributed by atoms with Gasteiger partial charge < -0.3 is 15.4 Å². The van der Waals surface area contributed by atoms with Crippen LogP contribution in [0.4, 0.5) is 5.69 Å². The van der Waals surface area contributed by atoms with Gasteiger partial charge in [0.25, 0.3) is 0 Å². The maximum Gasteiger partial charge on any atom is 0.308 e. The monoisotopic (exact) mass is 383 g/mol. The van der Waals surface area contributed by atoms with Gasteiger partial charge in [-0.05, 0) is 23.6 Å². The molecule has 2 heterocycles. The van der Waals surface area contributed by atoms with E-state index >= 15 is 0 Å². The number of carboxylic acids is 1. The Hall–Kier alpha value is -2.89. The normalized spacial score (nSPS) is 16.5. The highest BCUT2D eigenvalue weighted by atomic mass is 16.4. The van der Waals surface area contributed by atoms with Crippen LogP contribution in [0.5, 0.6) is 0 Å². The van der Waals surface area contributed by atoms with Crippen molar-refractivity contribution in [3.8, 4) is 6.07 Å². The Balaban J connectivity index is 1.50. The maximum atomic E-state index is 12.4. The second-order valence-corrected chi connectivity index (χ2v) is 7.12. The fourth-order valence-corrected chi connectivity index (χ4v) is 3.51. The van der Waals surface area contributed by atoms with E-state index in [0.717, 1.165) is 43.6 Å². The van der Waals surface area contributed by atoms with E-state index in [4.69, 9.17) is 5.26 Å². The highest BCUT2D eigenvalue weighted by Crippen LogP contribution is 2.18. The third kappa shape index (κ3) is 5.31. The van der Waals surface area contributed by atoms with E-state index in [1.54, 1.807) is 0 Å². The molecule has 1 aliphatic heterocycles. The second kappa shape index (κ2) is 9.35. The van der Waals surface area contributed by atoms with Gasteiger partial charge in [0, 0.05) is 69.5 Å². The molecule has 1 aromatic heterocycles. The molecule has 1 saturated heterocycles. The zero-order valence-electron chi connectivity index (χ0n) is 15.7. The molecule has 0 spiro atoms. The zero-order chi connectivity index (χ0) is 19.9. The number of amides is 1. The molecular weight excluding hydrogens is 358 g/mol. The van der Waals surface area contributed by atoms with Crippen molar-refractivity contribution in [2.75, 3.05) is 44.6 Å². The van der Waals surface area contributed by atoms with E-state index in [2.05, 4.69) is 26.2 Å². The topological polar surface area (TPSA) is 112 Å². The third-order valence-electron chi connectivity index (χ3n) is 5.10. The Morgan fingerprint density at radius 2 is 1.96 bits per heavy atom. The molecule has 0 saturated carbocycles. The molecular formula is C20H25N5O3. The quantitative estimate of drug-likeness (QED) is 0.640. The van der Waals surface area contributed by atoms with E-state index < -0.39 is 11.9 Å². The number of benzene rings is 1. The lowest BCUT2D eigenvalue weighted by Crippen LogP contribution is -2.48. The van der Waals surface area contributed by atoms with Crippen LogP contribution in [0.2, 0.25) is 0 Å². The van der Waals surface area contributed by atoms with Crippen molar-refractivity contribution >= 4 is 28.5 Å². The molecule has 28 heavy (non-hydrogen) atoms. The smallest absolute Gasteiger partial charge is 0.308 e. The highest BCUT2D eigenvalue weighted by Gasteiger charge is 2.26. The summed E-state index contributed by atoms with van der Waals surface area (Å²) in [6.07, 6.45) is 2.27. The molecule has 1 aromatic carbocycles. The number of nitriles is 1. The average Bonchev–Trinajstić information content (AvgIpc) is 3.14. The summed E-state index contributed by atoms with van der Waals surface area (Å²) in [5.41, 5.74) is 1.57. The van der Waals surface area contributed by atoms with Crippen molar-refractivity contribution in [2.45, 2.75) is 12.8 Å². The lowest BCUT2D eigenvalue weighted by molar-refractivity contribution is -0.144. The Morgan fingerprint density at radius 1 is 1.21 bits per heavy atom. The fourth-order valence-electron chi connectivity index (χ4n) is 3.51. The molecule has 1 aliphatic rings. The van der Waals surface area contributed by atoms with Gasteiger partial charge in [-0.15, -0.1) is 0 Å². The van der Waals surface area contributed by atoms with Crippen LogP contribution in [-0.4, -0.2) is 71.0 Å². The first-order valence-electron chi connectivity index (χ1n) is 9.46. The number of H-pyrrole nitrogens is 1. The molecule has 3 rings (SSSR count). The van der Waals surface area contributed by atoms with E-state index in [9.17, 15) is 14.7 Å². The summed E-state index contributed by atoms with van der Waals surface area (Å²) in [4.78, 5) is 31.4. The molecule has 2 aromatic rings. The second-order valence-electron chi connectivity index (χ2n) is 7.12. The first-order chi connectivity index (χ1) is 13.5.